The van der Waals surface area contributed by atoms with Crippen molar-refractivity contribution in [3.63, 3.8) is 0 Å². The topological polar surface area (TPSA) is 36.4 Å². The van der Waals surface area contributed by atoms with E-state index in [0.717, 1.165) is 5.69 Å². The van der Waals surface area contributed by atoms with Crippen LogP contribution in [0, 0.1) is 0 Å². The predicted octanol–water partition coefficient (Wildman–Crippen LogP) is 4.97. The number of benzene rings is 2. The molecule has 2 aromatic rings. The monoisotopic (exact) mass is 357 g/mol. The van der Waals surface area contributed by atoms with E-state index in [0.29, 0.717) is 25.7 Å². The van der Waals surface area contributed by atoms with Gasteiger partial charge in [-0.3, -0.25) is 5.43 Å². The molecule has 0 saturated heterocycles. The summed E-state index contributed by atoms with van der Waals surface area (Å²) in [5, 5.41) is 8.94. The summed E-state index contributed by atoms with van der Waals surface area (Å²) in [7, 11) is 0. The van der Waals surface area contributed by atoms with E-state index in [1.165, 1.54) is 6.21 Å². The van der Waals surface area contributed by atoms with Crippen LogP contribution in [0.25, 0.3) is 0 Å². The first kappa shape index (κ1) is 16.0. The van der Waals surface area contributed by atoms with Crippen LogP contribution < -0.4 is 10.7 Å². The van der Waals surface area contributed by atoms with Crippen LogP contribution in [0.2, 0.25) is 15.1 Å². The minimum atomic E-state index is 0.330. The Hall–Kier alpha value is -1.33. The van der Waals surface area contributed by atoms with Gasteiger partial charge in [-0.25, -0.2) is 0 Å². The van der Waals surface area contributed by atoms with Crippen molar-refractivity contribution in [3.8, 4) is 0 Å². The third-order valence-corrected chi connectivity index (χ3v) is 3.53. The highest BCUT2D eigenvalue weighted by molar-refractivity contribution is 7.80. The normalized spacial score (nSPS) is 10.6. The van der Waals surface area contributed by atoms with E-state index in [-0.39, 0.29) is 0 Å². The molecule has 0 atom stereocenters. The second kappa shape index (κ2) is 7.61. The summed E-state index contributed by atoms with van der Waals surface area (Å²) >= 11 is 23.1. The molecule has 2 N–H and O–H groups in total. The third kappa shape index (κ3) is 4.86. The van der Waals surface area contributed by atoms with E-state index in [1.54, 1.807) is 30.3 Å². The van der Waals surface area contributed by atoms with Crippen LogP contribution in [-0.4, -0.2) is 11.3 Å². The molecule has 7 heteroatoms. The molecule has 2 aromatic carbocycles. The van der Waals surface area contributed by atoms with E-state index in [2.05, 4.69) is 15.8 Å². The Balaban J connectivity index is 1.96. The van der Waals surface area contributed by atoms with Gasteiger partial charge in [0.15, 0.2) is 5.11 Å². The molecule has 3 nitrogen and oxygen atoms in total. The van der Waals surface area contributed by atoms with Crippen LogP contribution in [0.1, 0.15) is 5.56 Å². The van der Waals surface area contributed by atoms with E-state index in [4.69, 9.17) is 47.0 Å². The minimum absolute atomic E-state index is 0.330. The van der Waals surface area contributed by atoms with Gasteiger partial charge in [0.25, 0.3) is 0 Å². The second-order valence-corrected chi connectivity index (χ2v) is 5.63. The summed E-state index contributed by atoms with van der Waals surface area (Å²) in [5.74, 6) is 0. The molecule has 0 heterocycles. The van der Waals surface area contributed by atoms with Crippen molar-refractivity contribution >= 4 is 64.0 Å². The number of nitrogens with zero attached hydrogens (tertiary/aromatic N) is 1. The van der Waals surface area contributed by atoms with Crippen LogP contribution in [0.4, 0.5) is 5.69 Å². The number of rotatable bonds is 3. The first-order chi connectivity index (χ1) is 10.1. The maximum absolute atomic E-state index is 6.03. The quantitative estimate of drug-likeness (QED) is 0.462. The van der Waals surface area contributed by atoms with Crippen molar-refractivity contribution in [3.05, 3.63) is 63.1 Å². The van der Waals surface area contributed by atoms with E-state index in [9.17, 15) is 0 Å². The molecule has 0 aliphatic heterocycles. The first-order valence-electron chi connectivity index (χ1n) is 5.86. The molecule has 0 aliphatic carbocycles. The van der Waals surface area contributed by atoms with E-state index >= 15 is 0 Å². The van der Waals surface area contributed by atoms with E-state index in [1.807, 2.05) is 12.1 Å². The van der Waals surface area contributed by atoms with Gasteiger partial charge in [-0.05, 0) is 42.5 Å². The van der Waals surface area contributed by atoms with Gasteiger partial charge >= 0.3 is 0 Å². The lowest BCUT2D eigenvalue weighted by atomic mass is 10.2. The molecule has 0 aromatic heterocycles. The van der Waals surface area contributed by atoms with Gasteiger partial charge in [0.05, 0.1) is 16.3 Å². The van der Waals surface area contributed by atoms with Crippen LogP contribution in [0.5, 0.6) is 0 Å². The molecule has 2 rings (SSSR count). The molecule has 0 radical (unpaired) electrons. The standard InChI is InChI=1S/C14H10Cl3N3S/c15-9-3-1-4-10(7-9)19-14(21)20-18-8-11-12(16)5-2-6-13(11)17/h1-8H,(H2,19,20,21)/b18-8-. The van der Waals surface area contributed by atoms with Crippen molar-refractivity contribution in [1.29, 1.82) is 0 Å². The smallest absolute Gasteiger partial charge is 0.191 e. The Morgan fingerprint density at radius 1 is 1.05 bits per heavy atom. The Labute approximate surface area is 142 Å². The van der Waals surface area contributed by atoms with Gasteiger partial charge in [-0.2, -0.15) is 5.10 Å². The highest BCUT2D eigenvalue weighted by atomic mass is 35.5. The number of thiocarbonyl (C=S) groups is 1. The van der Waals surface area contributed by atoms with Crippen molar-refractivity contribution < 1.29 is 0 Å². The lowest BCUT2D eigenvalue weighted by molar-refractivity contribution is 1.05. The molecule has 0 unspecified atom stereocenters. The van der Waals surface area contributed by atoms with Crippen molar-refractivity contribution in [1.82, 2.24) is 5.43 Å². The van der Waals surface area contributed by atoms with Crippen molar-refractivity contribution in [2.75, 3.05) is 5.32 Å². The highest BCUT2D eigenvalue weighted by Crippen LogP contribution is 2.22. The summed E-state index contributed by atoms with van der Waals surface area (Å²) in [6, 6.07) is 12.4. The number of hydrogen-bond donors (Lipinski definition) is 2. The van der Waals surface area contributed by atoms with Crippen LogP contribution in [0.15, 0.2) is 47.6 Å². The molecule has 0 spiro atoms. The first-order valence-corrected chi connectivity index (χ1v) is 7.40. The zero-order valence-corrected chi connectivity index (χ0v) is 13.7. The fourth-order valence-electron chi connectivity index (χ4n) is 1.51. The summed E-state index contributed by atoms with van der Waals surface area (Å²) in [6.07, 6.45) is 1.51. The summed E-state index contributed by atoms with van der Waals surface area (Å²) in [6.45, 7) is 0. The van der Waals surface area contributed by atoms with Gasteiger partial charge in [-0.15, -0.1) is 0 Å². The fraction of sp³-hybridized carbons (Fsp3) is 0. The molecule has 0 saturated carbocycles. The Morgan fingerprint density at radius 2 is 1.71 bits per heavy atom. The lowest BCUT2D eigenvalue weighted by Gasteiger charge is -2.07. The van der Waals surface area contributed by atoms with Gasteiger partial charge in [0.1, 0.15) is 0 Å². The molecule has 0 fully saturated rings. The second-order valence-electron chi connectivity index (χ2n) is 3.97. The number of nitrogens with one attached hydrogen (secondary N) is 2. The molecular formula is C14H10Cl3N3S. The van der Waals surface area contributed by atoms with Gasteiger partial charge in [0, 0.05) is 16.3 Å². The summed E-state index contributed by atoms with van der Waals surface area (Å²) in [5.41, 5.74) is 4.08. The maximum Gasteiger partial charge on any atom is 0.191 e. The zero-order valence-electron chi connectivity index (χ0n) is 10.6. The molecule has 0 amide bonds. The summed E-state index contributed by atoms with van der Waals surface area (Å²) < 4.78 is 0. The SMILES string of the molecule is S=C(N/N=C\c1c(Cl)cccc1Cl)Nc1cccc(Cl)c1. The predicted molar refractivity (Wildman–Crippen MR) is 94.9 cm³/mol. The summed E-state index contributed by atoms with van der Waals surface area (Å²) in [4.78, 5) is 0. The molecule has 21 heavy (non-hydrogen) atoms. The maximum atomic E-state index is 6.03. The minimum Gasteiger partial charge on any atom is -0.331 e. The molecule has 0 bridgehead atoms. The average molecular weight is 359 g/mol. The van der Waals surface area contributed by atoms with Crippen molar-refractivity contribution in [2.24, 2.45) is 5.10 Å². The zero-order chi connectivity index (χ0) is 15.2. The Morgan fingerprint density at radius 3 is 2.38 bits per heavy atom. The number of hydrogen-bond acceptors (Lipinski definition) is 2. The van der Waals surface area contributed by atoms with Crippen LogP contribution in [0.3, 0.4) is 0 Å². The lowest BCUT2D eigenvalue weighted by Crippen LogP contribution is -2.23. The van der Waals surface area contributed by atoms with Gasteiger partial charge < -0.3 is 5.32 Å². The Kier molecular flexibility index (Phi) is 5.82. The van der Waals surface area contributed by atoms with Crippen LogP contribution >= 0.6 is 47.0 Å². The number of anilines is 1. The molecule has 108 valence electrons. The van der Waals surface area contributed by atoms with E-state index < -0.39 is 0 Å². The molecule has 0 aliphatic rings. The van der Waals surface area contributed by atoms with Crippen LogP contribution in [-0.2, 0) is 0 Å². The largest absolute Gasteiger partial charge is 0.331 e. The number of hydrazone groups is 1. The fourth-order valence-corrected chi connectivity index (χ4v) is 2.37. The highest BCUT2D eigenvalue weighted by Gasteiger charge is 2.02. The molecular weight excluding hydrogens is 349 g/mol. The third-order valence-electron chi connectivity index (χ3n) is 2.44. The van der Waals surface area contributed by atoms with Gasteiger partial charge in [-0.1, -0.05) is 46.9 Å². The number of halogens is 3. The Bertz CT molecular complexity index is 669. The average Bonchev–Trinajstić information content (AvgIpc) is 2.42. The van der Waals surface area contributed by atoms with Gasteiger partial charge in [0.2, 0.25) is 0 Å². The van der Waals surface area contributed by atoms with Crippen molar-refractivity contribution in [2.45, 2.75) is 0 Å².